The number of rotatable bonds is 2. The van der Waals surface area contributed by atoms with Crippen LogP contribution in [0, 0.1) is 0 Å². The van der Waals surface area contributed by atoms with Gasteiger partial charge in [-0.15, -0.1) is 0 Å². The maximum absolute atomic E-state index is 11.7. The summed E-state index contributed by atoms with van der Waals surface area (Å²) in [6, 6.07) is 0. The van der Waals surface area contributed by atoms with Crippen LogP contribution in [0.3, 0.4) is 0 Å². The summed E-state index contributed by atoms with van der Waals surface area (Å²) < 4.78 is 4.90. The summed E-state index contributed by atoms with van der Waals surface area (Å²) in [6.45, 7) is 3.72. The number of hydrogen-bond donors (Lipinski definition) is 2. The van der Waals surface area contributed by atoms with Crippen molar-refractivity contribution in [2.45, 2.75) is 13.8 Å². The molecule has 5 nitrogen and oxygen atoms in total. The lowest BCUT2D eigenvalue weighted by Gasteiger charge is -2.25. The normalized spacial score (nSPS) is 18.9. The van der Waals surface area contributed by atoms with Crippen molar-refractivity contribution in [2.24, 2.45) is 11.6 Å². The van der Waals surface area contributed by atoms with E-state index >= 15 is 0 Å². The molecule has 16 heavy (non-hydrogen) atoms. The predicted molar refractivity (Wildman–Crippen MR) is 61.6 cm³/mol. The molecule has 0 saturated carbocycles. The van der Waals surface area contributed by atoms with Crippen molar-refractivity contribution in [1.29, 1.82) is 0 Å². The van der Waals surface area contributed by atoms with Gasteiger partial charge >= 0.3 is 5.97 Å². The van der Waals surface area contributed by atoms with Crippen LogP contribution in [0.2, 0.25) is 0 Å². The Morgan fingerprint density at radius 3 is 2.81 bits per heavy atom. The molecule has 0 aliphatic carbocycles. The zero-order chi connectivity index (χ0) is 12.3. The van der Waals surface area contributed by atoms with Crippen LogP contribution in [-0.2, 0) is 9.53 Å². The molecule has 4 N–H and O–H groups in total. The molecule has 6 heteroatoms. The van der Waals surface area contributed by atoms with Gasteiger partial charge in [0.05, 0.1) is 22.9 Å². The quantitative estimate of drug-likeness (QED) is 0.557. The van der Waals surface area contributed by atoms with Crippen LogP contribution in [0.15, 0.2) is 34.3 Å². The fraction of sp³-hybridized carbons (Fsp3) is 0.300. The first-order chi connectivity index (χ1) is 7.52. The van der Waals surface area contributed by atoms with Crippen LogP contribution in [0.4, 0.5) is 0 Å². The molecule has 0 aromatic carbocycles. The van der Waals surface area contributed by atoms with Crippen LogP contribution in [-0.4, -0.2) is 17.6 Å². The third-order valence-electron chi connectivity index (χ3n) is 2.17. The summed E-state index contributed by atoms with van der Waals surface area (Å²) in [4.78, 5) is 11.7. The van der Waals surface area contributed by atoms with E-state index in [-0.39, 0.29) is 11.6 Å². The summed E-state index contributed by atoms with van der Waals surface area (Å²) in [6.07, 6.45) is 2.73. The van der Waals surface area contributed by atoms with Crippen molar-refractivity contribution < 1.29 is 9.53 Å². The first-order valence-electron chi connectivity index (χ1n) is 4.74. The van der Waals surface area contributed by atoms with E-state index in [0.717, 1.165) is 0 Å². The summed E-state index contributed by atoms with van der Waals surface area (Å²) >= 11 is 5.94. The van der Waals surface area contributed by atoms with E-state index in [9.17, 15) is 4.79 Å². The van der Waals surface area contributed by atoms with Gasteiger partial charge in [0.1, 0.15) is 0 Å². The second-order valence-electron chi connectivity index (χ2n) is 3.16. The van der Waals surface area contributed by atoms with Gasteiger partial charge in [-0.1, -0.05) is 11.6 Å². The molecule has 0 radical (unpaired) electrons. The van der Waals surface area contributed by atoms with Crippen molar-refractivity contribution in [3.63, 3.8) is 0 Å². The van der Waals surface area contributed by atoms with Crippen LogP contribution in [0.5, 0.6) is 0 Å². The summed E-state index contributed by atoms with van der Waals surface area (Å²) in [5, 5.41) is 1.50. The van der Waals surface area contributed by atoms with Gasteiger partial charge in [0.2, 0.25) is 0 Å². The van der Waals surface area contributed by atoms with Gasteiger partial charge in [-0.05, 0) is 19.4 Å². The highest BCUT2D eigenvalue weighted by Gasteiger charge is 2.25. The molecule has 0 saturated heterocycles. The number of carbonyl (C=O) groups is 1. The van der Waals surface area contributed by atoms with Crippen molar-refractivity contribution in [3.05, 3.63) is 34.3 Å². The van der Waals surface area contributed by atoms with Crippen molar-refractivity contribution in [2.75, 3.05) is 6.61 Å². The molecule has 0 aromatic heterocycles. The largest absolute Gasteiger partial charge is 0.462 e. The van der Waals surface area contributed by atoms with Crippen LogP contribution in [0.1, 0.15) is 13.8 Å². The number of carbonyl (C=O) groups excluding carboxylic acids is 1. The number of ether oxygens (including phenoxy) is 1. The molecular weight excluding hydrogens is 230 g/mol. The smallest absolute Gasteiger partial charge is 0.340 e. The van der Waals surface area contributed by atoms with Gasteiger partial charge in [0.15, 0.2) is 0 Å². The highest BCUT2D eigenvalue weighted by Crippen LogP contribution is 2.30. The Morgan fingerprint density at radius 1 is 1.69 bits per heavy atom. The van der Waals surface area contributed by atoms with Crippen molar-refractivity contribution >= 4 is 17.6 Å². The SMILES string of the molecule is CCOC(=O)C1=C(C)/C(=C/N)N(N)C=C1Cl. The molecule has 1 rings (SSSR count). The number of nitrogens with two attached hydrogens (primary N) is 2. The third kappa shape index (κ3) is 2.20. The van der Waals surface area contributed by atoms with Crippen LogP contribution >= 0.6 is 11.6 Å². The Hall–Kier alpha value is -1.46. The molecule has 0 atom stereocenters. The molecule has 1 aliphatic heterocycles. The number of allylic oxidation sites excluding steroid dienone is 1. The van der Waals surface area contributed by atoms with Gasteiger partial charge in [-0.2, -0.15) is 0 Å². The van der Waals surface area contributed by atoms with E-state index in [1.807, 2.05) is 0 Å². The van der Waals surface area contributed by atoms with E-state index in [1.165, 1.54) is 17.4 Å². The number of hydrogen-bond acceptors (Lipinski definition) is 5. The monoisotopic (exact) mass is 243 g/mol. The molecule has 0 fully saturated rings. The molecule has 0 aromatic rings. The van der Waals surface area contributed by atoms with E-state index < -0.39 is 5.97 Å². The maximum Gasteiger partial charge on any atom is 0.340 e. The summed E-state index contributed by atoms with van der Waals surface area (Å²) in [5.41, 5.74) is 6.83. The highest BCUT2D eigenvalue weighted by molar-refractivity contribution is 6.35. The number of nitrogens with zero attached hydrogens (tertiary/aromatic N) is 1. The van der Waals surface area contributed by atoms with Crippen molar-refractivity contribution in [1.82, 2.24) is 5.01 Å². The zero-order valence-electron chi connectivity index (χ0n) is 9.16. The lowest BCUT2D eigenvalue weighted by molar-refractivity contribution is -0.138. The van der Waals surface area contributed by atoms with Crippen LogP contribution < -0.4 is 11.6 Å². The van der Waals surface area contributed by atoms with Gasteiger partial charge < -0.3 is 10.5 Å². The minimum Gasteiger partial charge on any atom is -0.462 e. The fourth-order valence-electron chi connectivity index (χ4n) is 1.42. The number of halogens is 1. The van der Waals surface area contributed by atoms with E-state index in [4.69, 9.17) is 27.9 Å². The van der Waals surface area contributed by atoms with E-state index in [2.05, 4.69) is 0 Å². The lowest BCUT2D eigenvalue weighted by Crippen LogP contribution is -2.30. The Balaban J connectivity index is 3.19. The lowest BCUT2D eigenvalue weighted by atomic mass is 10.0. The summed E-state index contributed by atoms with van der Waals surface area (Å²) in [5.74, 6) is 5.17. The standard InChI is InChI=1S/C10H14ClN3O2/c1-3-16-10(15)9-6(2)8(4-12)14(13)5-7(9)11/h4-5H,3,12-13H2,1-2H3/b8-4-. The predicted octanol–water partition coefficient (Wildman–Crippen LogP) is 0.936. The minimum absolute atomic E-state index is 0.240. The molecular formula is C10H14ClN3O2. The van der Waals surface area contributed by atoms with E-state index in [0.29, 0.717) is 16.8 Å². The maximum atomic E-state index is 11.7. The molecule has 1 aliphatic rings. The molecule has 0 amide bonds. The third-order valence-corrected chi connectivity index (χ3v) is 2.45. The van der Waals surface area contributed by atoms with Crippen molar-refractivity contribution in [3.8, 4) is 0 Å². The molecule has 1 heterocycles. The Kier molecular flexibility index (Phi) is 3.98. The molecule has 88 valence electrons. The second kappa shape index (κ2) is 5.05. The Morgan fingerprint density at radius 2 is 2.31 bits per heavy atom. The average Bonchev–Trinajstić information content (AvgIpc) is 2.17. The minimum atomic E-state index is -0.478. The highest BCUT2D eigenvalue weighted by atomic mass is 35.5. The first kappa shape index (κ1) is 12.6. The number of esters is 1. The zero-order valence-corrected chi connectivity index (χ0v) is 9.91. The first-order valence-corrected chi connectivity index (χ1v) is 5.12. The van der Waals surface area contributed by atoms with Crippen LogP contribution in [0.25, 0.3) is 0 Å². The van der Waals surface area contributed by atoms with Gasteiger partial charge in [0, 0.05) is 12.4 Å². The Bertz CT molecular complexity index is 399. The van der Waals surface area contributed by atoms with Gasteiger partial charge in [0.25, 0.3) is 0 Å². The topological polar surface area (TPSA) is 81.6 Å². The van der Waals surface area contributed by atoms with Gasteiger partial charge in [-0.25, -0.2) is 10.6 Å². The Labute approximate surface area is 98.9 Å². The molecule has 0 spiro atoms. The molecule has 0 bridgehead atoms. The van der Waals surface area contributed by atoms with E-state index in [1.54, 1.807) is 13.8 Å². The number of hydrazine groups is 1. The summed E-state index contributed by atoms with van der Waals surface area (Å²) in [7, 11) is 0. The average molecular weight is 244 g/mol. The fourth-order valence-corrected chi connectivity index (χ4v) is 1.75. The second-order valence-corrected chi connectivity index (χ2v) is 3.56. The molecule has 0 unspecified atom stereocenters. The van der Waals surface area contributed by atoms with Gasteiger partial charge in [-0.3, -0.25) is 5.01 Å².